The van der Waals surface area contributed by atoms with Crippen molar-refractivity contribution in [1.82, 2.24) is 9.80 Å². The summed E-state index contributed by atoms with van der Waals surface area (Å²) in [5, 5.41) is 9.30. The number of nitrogens with zero attached hydrogens (tertiary/aromatic N) is 2. The summed E-state index contributed by atoms with van der Waals surface area (Å²) >= 11 is 0. The molecule has 2 rings (SSSR count). The smallest absolute Gasteiger partial charge is 0.320 e. The van der Waals surface area contributed by atoms with Crippen LogP contribution < -0.4 is 0 Å². The van der Waals surface area contributed by atoms with Crippen molar-refractivity contribution in [2.24, 2.45) is 5.92 Å². The Morgan fingerprint density at radius 1 is 1.29 bits per heavy atom. The highest BCUT2D eigenvalue weighted by Crippen LogP contribution is 2.42. The molecule has 2 aliphatic heterocycles. The van der Waals surface area contributed by atoms with Gasteiger partial charge in [0.15, 0.2) is 0 Å². The molecule has 0 aromatic heterocycles. The number of fused-ring (bicyclic) bond motifs is 2. The first kappa shape index (κ1) is 16.1. The fourth-order valence-corrected chi connectivity index (χ4v) is 3.81. The second-order valence-corrected chi connectivity index (χ2v) is 6.66. The summed E-state index contributed by atoms with van der Waals surface area (Å²) in [6.45, 7) is 7.00. The molecule has 2 amide bonds. The molecule has 0 aliphatic carbocycles. The molecule has 120 valence electrons. The summed E-state index contributed by atoms with van der Waals surface area (Å²) in [7, 11) is 0. The predicted octanol–water partition coefficient (Wildman–Crippen LogP) is 2.94. The summed E-state index contributed by atoms with van der Waals surface area (Å²) in [5.41, 5.74) is 0. The van der Waals surface area contributed by atoms with E-state index in [1.54, 1.807) is 0 Å². The Balaban J connectivity index is 2.05. The number of unbranched alkanes of at least 4 members (excludes halogenated alkanes) is 2. The second kappa shape index (κ2) is 6.67. The monoisotopic (exact) mass is 296 g/mol. The van der Waals surface area contributed by atoms with Gasteiger partial charge in [-0.2, -0.15) is 0 Å². The Hall–Kier alpha value is -1.26. The minimum Gasteiger partial charge on any atom is -0.481 e. The lowest BCUT2D eigenvalue weighted by Crippen LogP contribution is -2.49. The van der Waals surface area contributed by atoms with Crippen LogP contribution in [0.2, 0.25) is 0 Å². The molecule has 2 fully saturated rings. The van der Waals surface area contributed by atoms with Crippen LogP contribution in [0.1, 0.15) is 59.3 Å². The number of carboxylic acids is 1. The standard InChI is InChI=1S/C16H28N2O3/c1-4-5-6-9-17(11(2)3)16(21)18-12-7-8-14(18)13(10-12)15(19)20/h11-14H,4-10H2,1-3H3,(H,19,20). The van der Waals surface area contributed by atoms with E-state index in [2.05, 4.69) is 6.92 Å². The number of rotatable bonds is 6. The molecular formula is C16H28N2O3. The molecule has 1 N–H and O–H groups in total. The SMILES string of the molecule is CCCCCN(C(=O)N1C2CCC1C(C(=O)O)C2)C(C)C. The summed E-state index contributed by atoms with van der Waals surface area (Å²) < 4.78 is 0. The van der Waals surface area contributed by atoms with Crippen LogP contribution in [0.4, 0.5) is 4.79 Å². The lowest BCUT2D eigenvalue weighted by Gasteiger charge is -2.34. The first-order chi connectivity index (χ1) is 9.97. The van der Waals surface area contributed by atoms with Gasteiger partial charge in [0.25, 0.3) is 0 Å². The first-order valence-electron chi connectivity index (χ1n) is 8.29. The Morgan fingerprint density at radius 2 is 2.00 bits per heavy atom. The van der Waals surface area contributed by atoms with Crippen molar-refractivity contribution in [3.8, 4) is 0 Å². The molecular weight excluding hydrogens is 268 g/mol. The van der Waals surface area contributed by atoms with E-state index in [0.717, 1.165) is 38.6 Å². The van der Waals surface area contributed by atoms with Crippen molar-refractivity contribution in [2.45, 2.75) is 77.4 Å². The van der Waals surface area contributed by atoms with E-state index in [9.17, 15) is 14.7 Å². The van der Waals surface area contributed by atoms with Gasteiger partial charge >= 0.3 is 12.0 Å². The number of amides is 2. The minimum absolute atomic E-state index is 0.0531. The largest absolute Gasteiger partial charge is 0.481 e. The number of urea groups is 1. The van der Waals surface area contributed by atoms with Crippen LogP contribution in [0.25, 0.3) is 0 Å². The maximum Gasteiger partial charge on any atom is 0.320 e. The zero-order valence-electron chi connectivity index (χ0n) is 13.4. The van der Waals surface area contributed by atoms with Gasteiger partial charge in [-0.05, 0) is 39.5 Å². The van der Waals surface area contributed by atoms with Crippen LogP contribution in [0.15, 0.2) is 0 Å². The maximum absolute atomic E-state index is 12.9. The van der Waals surface area contributed by atoms with E-state index in [0.29, 0.717) is 6.42 Å². The number of carboxylic acid groups (broad SMARTS) is 1. The van der Waals surface area contributed by atoms with Gasteiger partial charge in [-0.25, -0.2) is 4.79 Å². The summed E-state index contributed by atoms with van der Waals surface area (Å²) in [5.74, 6) is -1.11. The van der Waals surface area contributed by atoms with E-state index < -0.39 is 5.97 Å². The zero-order valence-corrected chi connectivity index (χ0v) is 13.4. The fourth-order valence-electron chi connectivity index (χ4n) is 3.81. The molecule has 2 heterocycles. The van der Waals surface area contributed by atoms with Gasteiger partial charge in [-0.15, -0.1) is 0 Å². The van der Waals surface area contributed by atoms with Crippen LogP contribution in [0.3, 0.4) is 0 Å². The van der Waals surface area contributed by atoms with Gasteiger partial charge < -0.3 is 14.9 Å². The van der Waals surface area contributed by atoms with Gasteiger partial charge in [-0.1, -0.05) is 19.8 Å². The van der Waals surface area contributed by atoms with Crippen molar-refractivity contribution in [2.75, 3.05) is 6.54 Å². The average molecular weight is 296 g/mol. The van der Waals surface area contributed by atoms with E-state index >= 15 is 0 Å². The third-order valence-electron chi connectivity index (χ3n) is 4.95. The molecule has 3 atom stereocenters. The lowest BCUT2D eigenvalue weighted by atomic mass is 9.89. The maximum atomic E-state index is 12.9. The molecule has 0 spiro atoms. The third kappa shape index (κ3) is 3.16. The Kier molecular flexibility index (Phi) is 5.12. The van der Waals surface area contributed by atoms with E-state index in [4.69, 9.17) is 0 Å². The highest BCUT2D eigenvalue weighted by Gasteiger charge is 2.52. The van der Waals surface area contributed by atoms with E-state index in [-0.39, 0.29) is 30.1 Å². The number of aliphatic carboxylic acids is 1. The third-order valence-corrected chi connectivity index (χ3v) is 4.95. The minimum atomic E-state index is -0.748. The number of hydrogen-bond acceptors (Lipinski definition) is 2. The molecule has 2 aliphatic rings. The summed E-state index contributed by atoms with van der Waals surface area (Å²) in [4.78, 5) is 28.0. The summed E-state index contributed by atoms with van der Waals surface area (Å²) in [6, 6.07) is 0.262. The van der Waals surface area contributed by atoms with E-state index in [1.807, 2.05) is 23.6 Å². The Bertz CT molecular complexity index is 397. The molecule has 21 heavy (non-hydrogen) atoms. The lowest BCUT2D eigenvalue weighted by molar-refractivity contribution is -0.142. The normalized spacial score (nSPS) is 27.4. The zero-order chi connectivity index (χ0) is 15.6. The van der Waals surface area contributed by atoms with Crippen molar-refractivity contribution in [3.05, 3.63) is 0 Å². The predicted molar refractivity (Wildman–Crippen MR) is 81.2 cm³/mol. The number of carbonyl (C=O) groups excluding carboxylic acids is 1. The second-order valence-electron chi connectivity index (χ2n) is 6.66. The van der Waals surface area contributed by atoms with Crippen LogP contribution in [0, 0.1) is 5.92 Å². The molecule has 0 aromatic carbocycles. The Labute approximate surface area is 127 Å². The molecule has 2 bridgehead atoms. The van der Waals surface area contributed by atoms with Gasteiger partial charge in [0.1, 0.15) is 0 Å². The van der Waals surface area contributed by atoms with Gasteiger partial charge in [0.2, 0.25) is 0 Å². The van der Waals surface area contributed by atoms with E-state index in [1.165, 1.54) is 0 Å². The van der Waals surface area contributed by atoms with Crippen molar-refractivity contribution in [3.63, 3.8) is 0 Å². The highest BCUT2D eigenvalue weighted by atomic mass is 16.4. The molecule has 0 aromatic rings. The molecule has 5 heteroatoms. The van der Waals surface area contributed by atoms with Crippen LogP contribution in [0.5, 0.6) is 0 Å². The molecule has 0 saturated carbocycles. The van der Waals surface area contributed by atoms with Gasteiger partial charge in [0.05, 0.1) is 5.92 Å². The molecule has 2 saturated heterocycles. The van der Waals surface area contributed by atoms with Crippen molar-refractivity contribution >= 4 is 12.0 Å². The first-order valence-corrected chi connectivity index (χ1v) is 8.29. The molecule has 3 unspecified atom stereocenters. The topological polar surface area (TPSA) is 60.9 Å². The molecule has 5 nitrogen and oxygen atoms in total. The fraction of sp³-hybridized carbons (Fsp3) is 0.875. The summed E-state index contributed by atoms with van der Waals surface area (Å²) in [6.07, 6.45) is 5.71. The molecule has 0 radical (unpaired) electrons. The highest BCUT2D eigenvalue weighted by molar-refractivity contribution is 5.79. The van der Waals surface area contributed by atoms with Crippen molar-refractivity contribution < 1.29 is 14.7 Å². The van der Waals surface area contributed by atoms with Gasteiger partial charge in [-0.3, -0.25) is 4.79 Å². The van der Waals surface area contributed by atoms with Crippen LogP contribution in [-0.4, -0.2) is 51.6 Å². The van der Waals surface area contributed by atoms with Gasteiger partial charge in [0, 0.05) is 24.7 Å². The van der Waals surface area contributed by atoms with Crippen LogP contribution >= 0.6 is 0 Å². The van der Waals surface area contributed by atoms with Crippen LogP contribution in [-0.2, 0) is 4.79 Å². The number of hydrogen-bond donors (Lipinski definition) is 1. The number of carbonyl (C=O) groups is 2. The quantitative estimate of drug-likeness (QED) is 0.767. The Morgan fingerprint density at radius 3 is 2.52 bits per heavy atom. The van der Waals surface area contributed by atoms with Crippen molar-refractivity contribution in [1.29, 1.82) is 0 Å². The average Bonchev–Trinajstić information content (AvgIpc) is 3.00.